The third kappa shape index (κ3) is 3.57. The molecule has 7 nitrogen and oxygen atoms in total. The summed E-state index contributed by atoms with van der Waals surface area (Å²) in [5, 5.41) is 3.42. The van der Waals surface area contributed by atoms with Crippen molar-refractivity contribution in [1.82, 2.24) is 14.9 Å². The van der Waals surface area contributed by atoms with Gasteiger partial charge in [0.15, 0.2) is 0 Å². The Hall–Kier alpha value is -1.89. The fraction of sp³-hybridized carbons (Fsp3) is 0.615. The number of nitrogens with one attached hydrogen (secondary N) is 1. The first-order valence-electron chi connectivity index (χ1n) is 6.73. The molecule has 0 radical (unpaired) electrons. The van der Waals surface area contributed by atoms with Gasteiger partial charge in [-0.3, -0.25) is 9.69 Å². The Morgan fingerprint density at radius 3 is 2.80 bits per heavy atom. The molecule has 1 fully saturated rings. The number of amides is 1. The first kappa shape index (κ1) is 14.5. The topological polar surface area (TPSA) is 93.4 Å². The minimum atomic E-state index is -0.271. The molecule has 1 saturated heterocycles. The van der Waals surface area contributed by atoms with Crippen molar-refractivity contribution in [3.8, 4) is 5.88 Å². The van der Waals surface area contributed by atoms with Gasteiger partial charge in [0, 0.05) is 19.1 Å². The standard InChI is InChI=1S/C13H21N5O2/c1-9-12(15-8-16-13(9)20-2)17-10-3-5-18(6-4-10)7-11(14)19/h8,10H,3-7H2,1-2H3,(H2,14,19)(H,15,16,17). The first-order valence-corrected chi connectivity index (χ1v) is 6.73. The SMILES string of the molecule is COc1ncnc(NC2CCN(CC(N)=O)CC2)c1C. The van der Waals surface area contributed by atoms with Gasteiger partial charge in [-0.1, -0.05) is 0 Å². The number of anilines is 1. The van der Waals surface area contributed by atoms with Crippen LogP contribution in [0.15, 0.2) is 6.33 Å². The van der Waals surface area contributed by atoms with Crippen LogP contribution in [-0.2, 0) is 4.79 Å². The number of ether oxygens (including phenoxy) is 1. The van der Waals surface area contributed by atoms with Gasteiger partial charge >= 0.3 is 0 Å². The largest absolute Gasteiger partial charge is 0.481 e. The highest BCUT2D eigenvalue weighted by Gasteiger charge is 2.21. The van der Waals surface area contributed by atoms with Gasteiger partial charge < -0.3 is 15.8 Å². The summed E-state index contributed by atoms with van der Waals surface area (Å²) < 4.78 is 5.18. The number of rotatable bonds is 5. The van der Waals surface area contributed by atoms with E-state index in [1.165, 1.54) is 6.33 Å². The fourth-order valence-electron chi connectivity index (χ4n) is 2.43. The van der Waals surface area contributed by atoms with E-state index < -0.39 is 0 Å². The Labute approximate surface area is 118 Å². The summed E-state index contributed by atoms with van der Waals surface area (Å²) in [4.78, 5) is 21.3. The highest BCUT2D eigenvalue weighted by atomic mass is 16.5. The Morgan fingerprint density at radius 2 is 2.20 bits per heavy atom. The quantitative estimate of drug-likeness (QED) is 0.797. The number of likely N-dealkylation sites (tertiary alicyclic amines) is 1. The number of primary amides is 1. The van der Waals surface area contributed by atoms with Crippen LogP contribution in [0.1, 0.15) is 18.4 Å². The van der Waals surface area contributed by atoms with Crippen molar-refractivity contribution in [3.05, 3.63) is 11.9 Å². The van der Waals surface area contributed by atoms with E-state index in [0.29, 0.717) is 18.5 Å². The molecule has 0 unspecified atom stereocenters. The summed E-state index contributed by atoms with van der Waals surface area (Å²) in [7, 11) is 1.60. The highest BCUT2D eigenvalue weighted by Crippen LogP contribution is 2.22. The lowest BCUT2D eigenvalue weighted by atomic mass is 10.0. The molecule has 0 aliphatic carbocycles. The van der Waals surface area contributed by atoms with Crippen molar-refractivity contribution in [1.29, 1.82) is 0 Å². The number of piperidine rings is 1. The van der Waals surface area contributed by atoms with Gasteiger partial charge in [0.1, 0.15) is 12.1 Å². The van der Waals surface area contributed by atoms with Crippen LogP contribution in [0.5, 0.6) is 5.88 Å². The van der Waals surface area contributed by atoms with E-state index >= 15 is 0 Å². The van der Waals surface area contributed by atoms with E-state index in [0.717, 1.165) is 37.3 Å². The van der Waals surface area contributed by atoms with Crippen LogP contribution < -0.4 is 15.8 Å². The monoisotopic (exact) mass is 279 g/mol. The van der Waals surface area contributed by atoms with Crippen molar-refractivity contribution in [2.45, 2.75) is 25.8 Å². The summed E-state index contributed by atoms with van der Waals surface area (Å²) in [5.74, 6) is 1.13. The van der Waals surface area contributed by atoms with Gasteiger partial charge in [0.2, 0.25) is 11.8 Å². The molecule has 20 heavy (non-hydrogen) atoms. The molecular formula is C13H21N5O2. The molecule has 0 bridgehead atoms. The van der Waals surface area contributed by atoms with E-state index in [2.05, 4.69) is 20.2 Å². The van der Waals surface area contributed by atoms with Crippen molar-refractivity contribution < 1.29 is 9.53 Å². The Bertz CT molecular complexity index is 472. The zero-order valence-electron chi connectivity index (χ0n) is 11.9. The van der Waals surface area contributed by atoms with Crippen molar-refractivity contribution in [2.24, 2.45) is 5.73 Å². The van der Waals surface area contributed by atoms with Crippen LogP contribution in [0.2, 0.25) is 0 Å². The molecule has 3 N–H and O–H groups in total. The Morgan fingerprint density at radius 1 is 1.50 bits per heavy atom. The van der Waals surface area contributed by atoms with Crippen LogP contribution >= 0.6 is 0 Å². The number of methoxy groups -OCH3 is 1. The lowest BCUT2D eigenvalue weighted by Gasteiger charge is -2.32. The van der Waals surface area contributed by atoms with E-state index in [-0.39, 0.29) is 5.91 Å². The van der Waals surface area contributed by atoms with Gasteiger partial charge in [-0.15, -0.1) is 0 Å². The van der Waals surface area contributed by atoms with Gasteiger partial charge in [0.05, 0.1) is 19.2 Å². The van der Waals surface area contributed by atoms with E-state index in [1.54, 1.807) is 7.11 Å². The van der Waals surface area contributed by atoms with Gasteiger partial charge in [0.25, 0.3) is 0 Å². The highest BCUT2D eigenvalue weighted by molar-refractivity contribution is 5.75. The number of carbonyl (C=O) groups is 1. The lowest BCUT2D eigenvalue weighted by Crippen LogP contribution is -2.43. The number of nitrogens with two attached hydrogens (primary N) is 1. The van der Waals surface area contributed by atoms with E-state index in [4.69, 9.17) is 10.5 Å². The number of hydrogen-bond donors (Lipinski definition) is 2. The van der Waals surface area contributed by atoms with Gasteiger partial charge in [-0.2, -0.15) is 0 Å². The van der Waals surface area contributed by atoms with Crippen molar-refractivity contribution >= 4 is 11.7 Å². The number of carbonyl (C=O) groups excluding carboxylic acids is 1. The average Bonchev–Trinajstić information content (AvgIpc) is 2.43. The molecule has 0 spiro atoms. The minimum Gasteiger partial charge on any atom is -0.481 e. The summed E-state index contributed by atoms with van der Waals surface area (Å²) in [6.45, 7) is 4.00. The second-order valence-electron chi connectivity index (χ2n) is 5.02. The maximum atomic E-state index is 10.9. The minimum absolute atomic E-state index is 0.271. The summed E-state index contributed by atoms with van der Waals surface area (Å²) in [5.41, 5.74) is 6.12. The van der Waals surface area contributed by atoms with Crippen LogP contribution in [0.3, 0.4) is 0 Å². The molecule has 2 heterocycles. The maximum Gasteiger partial charge on any atom is 0.231 e. The zero-order chi connectivity index (χ0) is 14.5. The molecule has 2 rings (SSSR count). The predicted molar refractivity (Wildman–Crippen MR) is 75.6 cm³/mol. The first-order chi connectivity index (χ1) is 9.60. The molecule has 1 amide bonds. The molecule has 1 aliphatic rings. The van der Waals surface area contributed by atoms with Crippen LogP contribution in [0, 0.1) is 6.92 Å². The third-order valence-electron chi connectivity index (χ3n) is 3.54. The summed E-state index contributed by atoms with van der Waals surface area (Å²) >= 11 is 0. The lowest BCUT2D eigenvalue weighted by molar-refractivity contribution is -0.119. The number of aromatic nitrogens is 2. The second-order valence-corrected chi connectivity index (χ2v) is 5.02. The Kier molecular flexibility index (Phi) is 4.73. The van der Waals surface area contributed by atoms with Crippen LogP contribution in [0.4, 0.5) is 5.82 Å². The molecular weight excluding hydrogens is 258 g/mol. The zero-order valence-corrected chi connectivity index (χ0v) is 11.9. The second kappa shape index (κ2) is 6.51. The smallest absolute Gasteiger partial charge is 0.231 e. The van der Waals surface area contributed by atoms with Gasteiger partial charge in [-0.25, -0.2) is 9.97 Å². The van der Waals surface area contributed by atoms with Crippen molar-refractivity contribution in [3.63, 3.8) is 0 Å². The molecule has 1 aromatic heterocycles. The summed E-state index contributed by atoms with van der Waals surface area (Å²) in [6, 6.07) is 0.345. The fourth-order valence-corrected chi connectivity index (χ4v) is 2.43. The summed E-state index contributed by atoms with van der Waals surface area (Å²) in [6.07, 6.45) is 3.41. The number of nitrogens with zero attached hydrogens (tertiary/aromatic N) is 3. The normalized spacial score (nSPS) is 16.9. The van der Waals surface area contributed by atoms with Crippen molar-refractivity contribution in [2.75, 3.05) is 32.1 Å². The van der Waals surface area contributed by atoms with Crippen LogP contribution in [0.25, 0.3) is 0 Å². The molecule has 1 aromatic rings. The van der Waals surface area contributed by atoms with Crippen LogP contribution in [-0.4, -0.2) is 53.6 Å². The molecule has 0 saturated carbocycles. The van der Waals surface area contributed by atoms with E-state index in [1.807, 2.05) is 6.92 Å². The molecule has 0 atom stereocenters. The number of hydrogen-bond acceptors (Lipinski definition) is 6. The third-order valence-corrected chi connectivity index (χ3v) is 3.54. The predicted octanol–water partition coefficient (Wildman–Crippen LogP) is 0.155. The van der Waals surface area contributed by atoms with E-state index in [9.17, 15) is 4.79 Å². The molecule has 0 aromatic carbocycles. The van der Waals surface area contributed by atoms with Gasteiger partial charge in [-0.05, 0) is 19.8 Å². The molecule has 7 heteroatoms. The molecule has 110 valence electrons. The Balaban J connectivity index is 1.91. The molecule has 1 aliphatic heterocycles. The average molecular weight is 279 g/mol. The maximum absolute atomic E-state index is 10.9.